The Kier molecular flexibility index (Phi) is 6.20. The SMILES string of the molecule is CC(C)CN(CCCN)C(=O)c1ccc(C(F)(F)F)cc1. The van der Waals surface area contributed by atoms with E-state index in [1.807, 2.05) is 13.8 Å². The lowest BCUT2D eigenvalue weighted by Crippen LogP contribution is -2.35. The first-order chi connectivity index (χ1) is 9.75. The quantitative estimate of drug-likeness (QED) is 0.877. The highest BCUT2D eigenvalue weighted by Gasteiger charge is 2.30. The molecule has 1 aromatic rings. The standard InChI is InChI=1S/C15H21F3N2O/c1-11(2)10-20(9-3-8-19)14(21)12-4-6-13(7-5-12)15(16,17)18/h4-7,11H,3,8-10,19H2,1-2H3. The highest BCUT2D eigenvalue weighted by Crippen LogP contribution is 2.29. The molecule has 0 saturated carbocycles. The van der Waals surface area contributed by atoms with E-state index >= 15 is 0 Å². The first kappa shape index (κ1) is 17.5. The Bertz CT molecular complexity index is 455. The maximum Gasteiger partial charge on any atom is 0.416 e. The van der Waals surface area contributed by atoms with E-state index in [1.54, 1.807) is 4.90 Å². The number of hydrogen-bond donors (Lipinski definition) is 1. The fraction of sp³-hybridized carbons (Fsp3) is 0.533. The molecule has 2 N–H and O–H groups in total. The normalized spacial score (nSPS) is 11.8. The molecule has 21 heavy (non-hydrogen) atoms. The molecule has 0 unspecified atom stereocenters. The van der Waals surface area contributed by atoms with E-state index < -0.39 is 11.7 Å². The summed E-state index contributed by atoms with van der Waals surface area (Å²) in [5, 5.41) is 0. The van der Waals surface area contributed by atoms with Crippen molar-refractivity contribution < 1.29 is 18.0 Å². The van der Waals surface area contributed by atoms with Crippen LogP contribution >= 0.6 is 0 Å². The second-order valence-corrected chi connectivity index (χ2v) is 5.36. The smallest absolute Gasteiger partial charge is 0.338 e. The summed E-state index contributed by atoms with van der Waals surface area (Å²) in [7, 11) is 0. The van der Waals surface area contributed by atoms with Gasteiger partial charge in [0, 0.05) is 18.7 Å². The van der Waals surface area contributed by atoms with E-state index in [9.17, 15) is 18.0 Å². The summed E-state index contributed by atoms with van der Waals surface area (Å²) in [4.78, 5) is 14.0. The molecule has 0 aliphatic carbocycles. The molecule has 3 nitrogen and oxygen atoms in total. The molecule has 0 atom stereocenters. The summed E-state index contributed by atoms with van der Waals surface area (Å²) in [5.74, 6) is 0.0204. The third-order valence-corrected chi connectivity index (χ3v) is 2.96. The van der Waals surface area contributed by atoms with Gasteiger partial charge >= 0.3 is 6.18 Å². The summed E-state index contributed by atoms with van der Waals surface area (Å²) in [5.41, 5.74) is 4.96. The Hall–Kier alpha value is -1.56. The number of amides is 1. The van der Waals surface area contributed by atoms with Crippen LogP contribution in [0.3, 0.4) is 0 Å². The minimum Gasteiger partial charge on any atom is -0.338 e. The molecule has 0 saturated heterocycles. The van der Waals surface area contributed by atoms with E-state index in [0.29, 0.717) is 26.1 Å². The van der Waals surface area contributed by atoms with E-state index in [0.717, 1.165) is 12.1 Å². The molecule has 0 radical (unpaired) electrons. The lowest BCUT2D eigenvalue weighted by Gasteiger charge is -2.24. The molecule has 0 aliphatic rings. The maximum atomic E-state index is 12.5. The largest absolute Gasteiger partial charge is 0.416 e. The van der Waals surface area contributed by atoms with Crippen molar-refractivity contribution in [3.8, 4) is 0 Å². The van der Waals surface area contributed by atoms with Crippen LogP contribution in [0.15, 0.2) is 24.3 Å². The van der Waals surface area contributed by atoms with Crippen LogP contribution in [0, 0.1) is 5.92 Å². The predicted molar refractivity (Wildman–Crippen MR) is 75.9 cm³/mol. The van der Waals surface area contributed by atoms with Crippen molar-refractivity contribution in [2.24, 2.45) is 11.7 Å². The second-order valence-electron chi connectivity index (χ2n) is 5.36. The lowest BCUT2D eigenvalue weighted by atomic mass is 10.1. The Morgan fingerprint density at radius 2 is 1.81 bits per heavy atom. The van der Waals surface area contributed by atoms with Gasteiger partial charge in [0.15, 0.2) is 0 Å². The number of carbonyl (C=O) groups excluding carboxylic acids is 1. The van der Waals surface area contributed by atoms with Gasteiger partial charge in [0.25, 0.3) is 5.91 Å². The van der Waals surface area contributed by atoms with Gasteiger partial charge in [0.1, 0.15) is 0 Å². The van der Waals surface area contributed by atoms with Crippen LogP contribution in [0.5, 0.6) is 0 Å². The third kappa shape index (κ3) is 5.38. The summed E-state index contributed by atoms with van der Waals surface area (Å²) < 4.78 is 37.5. The van der Waals surface area contributed by atoms with Gasteiger partial charge in [-0.1, -0.05) is 13.8 Å². The Morgan fingerprint density at radius 1 is 1.24 bits per heavy atom. The number of nitrogens with zero attached hydrogens (tertiary/aromatic N) is 1. The number of nitrogens with two attached hydrogens (primary N) is 1. The third-order valence-electron chi connectivity index (χ3n) is 2.96. The van der Waals surface area contributed by atoms with Gasteiger partial charge in [-0.15, -0.1) is 0 Å². The molecule has 6 heteroatoms. The Labute approximate surface area is 122 Å². The molecule has 1 amide bonds. The summed E-state index contributed by atoms with van der Waals surface area (Å²) in [6.45, 7) is 5.49. The molecule has 0 heterocycles. The molecule has 0 aliphatic heterocycles. The number of alkyl halides is 3. The number of benzene rings is 1. The molecule has 0 aromatic heterocycles. The predicted octanol–water partition coefficient (Wildman–Crippen LogP) is 3.15. The van der Waals surface area contributed by atoms with Crippen molar-refractivity contribution in [3.05, 3.63) is 35.4 Å². The van der Waals surface area contributed by atoms with Crippen LogP contribution in [0.4, 0.5) is 13.2 Å². The van der Waals surface area contributed by atoms with Crippen molar-refractivity contribution in [1.82, 2.24) is 4.90 Å². The van der Waals surface area contributed by atoms with Gasteiger partial charge in [-0.2, -0.15) is 13.2 Å². The van der Waals surface area contributed by atoms with E-state index in [4.69, 9.17) is 5.73 Å². The molecule has 1 rings (SSSR count). The first-order valence-electron chi connectivity index (χ1n) is 6.92. The van der Waals surface area contributed by atoms with Crippen LogP contribution in [0.1, 0.15) is 36.2 Å². The van der Waals surface area contributed by atoms with Gasteiger partial charge in [-0.05, 0) is 43.1 Å². The maximum absolute atomic E-state index is 12.5. The zero-order chi connectivity index (χ0) is 16.0. The molecule has 0 spiro atoms. The van der Waals surface area contributed by atoms with Crippen LogP contribution in [-0.4, -0.2) is 30.4 Å². The van der Waals surface area contributed by atoms with Crippen LogP contribution in [0.25, 0.3) is 0 Å². The number of rotatable bonds is 6. The Morgan fingerprint density at radius 3 is 2.24 bits per heavy atom. The van der Waals surface area contributed by atoms with Gasteiger partial charge in [-0.25, -0.2) is 0 Å². The van der Waals surface area contributed by atoms with E-state index in [1.165, 1.54) is 12.1 Å². The van der Waals surface area contributed by atoms with Gasteiger partial charge < -0.3 is 10.6 Å². The Balaban J connectivity index is 2.87. The minimum atomic E-state index is -4.39. The van der Waals surface area contributed by atoms with Gasteiger partial charge in [0.2, 0.25) is 0 Å². The van der Waals surface area contributed by atoms with Crippen molar-refractivity contribution >= 4 is 5.91 Å². The fourth-order valence-electron chi connectivity index (χ4n) is 1.98. The summed E-state index contributed by atoms with van der Waals surface area (Å²) >= 11 is 0. The summed E-state index contributed by atoms with van der Waals surface area (Å²) in [6, 6.07) is 4.31. The highest BCUT2D eigenvalue weighted by atomic mass is 19.4. The average molecular weight is 302 g/mol. The van der Waals surface area contributed by atoms with E-state index in [-0.39, 0.29) is 17.4 Å². The van der Waals surface area contributed by atoms with Crippen LogP contribution < -0.4 is 5.73 Å². The molecule has 0 fully saturated rings. The second kappa shape index (κ2) is 7.45. The first-order valence-corrected chi connectivity index (χ1v) is 6.92. The number of hydrogen-bond acceptors (Lipinski definition) is 2. The molecule has 0 bridgehead atoms. The van der Waals surface area contributed by atoms with Crippen LogP contribution in [0.2, 0.25) is 0 Å². The number of carbonyl (C=O) groups is 1. The fourth-order valence-corrected chi connectivity index (χ4v) is 1.98. The van der Waals surface area contributed by atoms with Crippen molar-refractivity contribution in [1.29, 1.82) is 0 Å². The topological polar surface area (TPSA) is 46.3 Å². The van der Waals surface area contributed by atoms with Gasteiger partial charge in [0.05, 0.1) is 5.56 Å². The molecular formula is C15H21F3N2O. The highest BCUT2D eigenvalue weighted by molar-refractivity contribution is 5.94. The number of halogens is 3. The monoisotopic (exact) mass is 302 g/mol. The molecule has 1 aromatic carbocycles. The van der Waals surface area contributed by atoms with Crippen molar-refractivity contribution in [2.45, 2.75) is 26.4 Å². The van der Waals surface area contributed by atoms with Gasteiger partial charge in [-0.3, -0.25) is 4.79 Å². The van der Waals surface area contributed by atoms with E-state index in [2.05, 4.69) is 0 Å². The zero-order valence-electron chi connectivity index (χ0n) is 12.3. The van der Waals surface area contributed by atoms with Crippen molar-refractivity contribution in [3.63, 3.8) is 0 Å². The zero-order valence-corrected chi connectivity index (χ0v) is 12.3. The van der Waals surface area contributed by atoms with Crippen LogP contribution in [-0.2, 0) is 6.18 Å². The minimum absolute atomic E-state index is 0.258. The van der Waals surface area contributed by atoms with Crippen molar-refractivity contribution in [2.75, 3.05) is 19.6 Å². The lowest BCUT2D eigenvalue weighted by molar-refractivity contribution is -0.137. The molecule has 118 valence electrons. The summed E-state index contributed by atoms with van der Waals surface area (Å²) in [6.07, 6.45) is -3.72. The molecular weight excluding hydrogens is 281 g/mol. The average Bonchev–Trinajstić information content (AvgIpc) is 2.41.